The van der Waals surface area contributed by atoms with Crippen LogP contribution in [0, 0.1) is 0 Å². The van der Waals surface area contributed by atoms with Gasteiger partial charge in [-0.2, -0.15) is 13.2 Å². The highest BCUT2D eigenvalue weighted by molar-refractivity contribution is 5.87. The lowest BCUT2D eigenvalue weighted by Crippen LogP contribution is -2.63. The molecule has 0 bridgehead atoms. The van der Waals surface area contributed by atoms with E-state index in [9.17, 15) is 23.1 Å². The van der Waals surface area contributed by atoms with Gasteiger partial charge < -0.3 is 14.6 Å². The second-order valence-electron chi connectivity index (χ2n) is 7.17. The monoisotopic (exact) mass is 352 g/mol. The number of rotatable bonds is 6. The van der Waals surface area contributed by atoms with Crippen molar-refractivity contribution in [3.63, 3.8) is 0 Å². The Kier molecular flexibility index (Phi) is 5.83. The lowest BCUT2D eigenvalue weighted by Gasteiger charge is -2.47. The molecule has 7 heteroatoms. The van der Waals surface area contributed by atoms with Gasteiger partial charge in [0.25, 0.3) is 0 Å². The Morgan fingerprint density at radius 1 is 1.33 bits per heavy atom. The van der Waals surface area contributed by atoms with E-state index in [4.69, 9.17) is 9.47 Å². The van der Waals surface area contributed by atoms with Crippen molar-refractivity contribution in [2.24, 2.45) is 0 Å². The molecule has 4 nitrogen and oxygen atoms in total. The maximum absolute atomic E-state index is 13.2. The Morgan fingerprint density at radius 3 is 2.29 bits per heavy atom. The Hall–Kier alpha value is -1.08. The molecule has 0 spiro atoms. The molecule has 1 N–H and O–H groups in total. The van der Waals surface area contributed by atoms with Crippen molar-refractivity contribution in [3.05, 3.63) is 12.2 Å². The molecule has 140 valence electrons. The molecule has 0 radical (unpaired) electrons. The van der Waals surface area contributed by atoms with Crippen molar-refractivity contribution in [1.29, 1.82) is 0 Å². The van der Waals surface area contributed by atoms with E-state index in [1.54, 1.807) is 6.92 Å². The molecule has 1 aliphatic carbocycles. The molecule has 0 aromatic rings. The summed E-state index contributed by atoms with van der Waals surface area (Å²) in [6.45, 7) is 9.89. The number of hydrogen-bond donors (Lipinski definition) is 1. The Balaban J connectivity index is 3.10. The first-order valence-corrected chi connectivity index (χ1v) is 8.06. The van der Waals surface area contributed by atoms with Gasteiger partial charge >= 0.3 is 12.1 Å². The summed E-state index contributed by atoms with van der Waals surface area (Å²) in [5.74, 6) is -0.594. The molecule has 0 heterocycles. The van der Waals surface area contributed by atoms with Crippen LogP contribution >= 0.6 is 0 Å². The van der Waals surface area contributed by atoms with Crippen LogP contribution in [-0.2, 0) is 14.3 Å². The molecule has 0 aromatic carbocycles. The van der Waals surface area contributed by atoms with E-state index in [-0.39, 0.29) is 5.57 Å². The molecule has 0 amide bonds. The SMILES string of the molecule is C=C(C)C(=O)OC1CCCC1(CC)OC(C)(C)C(C)(O)C(F)(F)F. The number of hydrogen-bond acceptors (Lipinski definition) is 4. The van der Waals surface area contributed by atoms with E-state index in [1.165, 1.54) is 20.8 Å². The third kappa shape index (κ3) is 3.77. The molecule has 0 aliphatic heterocycles. The maximum atomic E-state index is 13.2. The zero-order valence-electron chi connectivity index (χ0n) is 14.9. The standard InChI is InChI=1S/C17H27F3O4/c1-7-16(10-8-9-12(16)23-13(21)11(2)3)24-14(4,5)15(6,22)17(18,19)20/h12,22H,2,7-10H2,1,3-6H3. The predicted molar refractivity (Wildman–Crippen MR) is 83.4 cm³/mol. The van der Waals surface area contributed by atoms with Crippen molar-refractivity contribution in [3.8, 4) is 0 Å². The normalized spacial score (nSPS) is 27.6. The average molecular weight is 352 g/mol. The van der Waals surface area contributed by atoms with E-state index in [0.29, 0.717) is 32.6 Å². The van der Waals surface area contributed by atoms with Crippen LogP contribution in [0.1, 0.15) is 60.3 Å². The Bertz CT molecular complexity index is 497. The van der Waals surface area contributed by atoms with Gasteiger partial charge in [-0.05, 0) is 53.4 Å². The number of carbonyl (C=O) groups is 1. The molecular weight excluding hydrogens is 325 g/mol. The summed E-state index contributed by atoms with van der Waals surface area (Å²) in [5, 5.41) is 10.0. The number of esters is 1. The molecule has 1 rings (SSSR count). The van der Waals surface area contributed by atoms with Crippen LogP contribution in [0.2, 0.25) is 0 Å². The number of ether oxygens (including phenoxy) is 2. The minimum Gasteiger partial charge on any atom is -0.456 e. The third-order valence-electron chi connectivity index (χ3n) is 5.03. The maximum Gasteiger partial charge on any atom is 0.419 e. The van der Waals surface area contributed by atoms with Gasteiger partial charge in [0.1, 0.15) is 17.3 Å². The van der Waals surface area contributed by atoms with Gasteiger partial charge in [-0.3, -0.25) is 0 Å². The van der Waals surface area contributed by atoms with Crippen LogP contribution in [0.5, 0.6) is 0 Å². The van der Waals surface area contributed by atoms with Crippen LogP contribution in [0.3, 0.4) is 0 Å². The predicted octanol–water partition coefficient (Wildman–Crippen LogP) is 3.92. The van der Waals surface area contributed by atoms with Gasteiger partial charge in [-0.25, -0.2) is 4.79 Å². The summed E-state index contributed by atoms with van der Waals surface area (Å²) in [6.07, 6.45) is -3.56. The minimum absolute atomic E-state index is 0.216. The lowest BCUT2D eigenvalue weighted by molar-refractivity contribution is -0.335. The van der Waals surface area contributed by atoms with Crippen LogP contribution in [-0.4, -0.2) is 40.2 Å². The first-order chi connectivity index (χ1) is 10.7. The van der Waals surface area contributed by atoms with Crippen molar-refractivity contribution in [2.45, 2.75) is 89.4 Å². The highest BCUT2D eigenvalue weighted by Gasteiger charge is 2.62. The van der Waals surface area contributed by atoms with Crippen molar-refractivity contribution in [1.82, 2.24) is 0 Å². The first kappa shape index (κ1) is 21.0. The largest absolute Gasteiger partial charge is 0.456 e. The van der Waals surface area contributed by atoms with Crippen molar-refractivity contribution >= 4 is 5.97 Å². The fourth-order valence-electron chi connectivity index (χ4n) is 2.95. The zero-order valence-corrected chi connectivity index (χ0v) is 14.9. The first-order valence-electron chi connectivity index (χ1n) is 8.06. The highest BCUT2D eigenvalue weighted by Crippen LogP contribution is 2.47. The van der Waals surface area contributed by atoms with Gasteiger partial charge in [0.05, 0.1) is 0 Å². The van der Waals surface area contributed by atoms with E-state index in [2.05, 4.69) is 6.58 Å². The van der Waals surface area contributed by atoms with Crippen LogP contribution in [0.25, 0.3) is 0 Å². The van der Waals surface area contributed by atoms with E-state index in [0.717, 1.165) is 0 Å². The molecular formula is C17H27F3O4. The van der Waals surface area contributed by atoms with Crippen LogP contribution < -0.4 is 0 Å². The summed E-state index contributed by atoms with van der Waals surface area (Å²) < 4.78 is 50.9. The van der Waals surface area contributed by atoms with Gasteiger partial charge in [0, 0.05) is 5.57 Å². The quantitative estimate of drug-likeness (QED) is 0.582. The third-order valence-corrected chi connectivity index (χ3v) is 5.03. The zero-order chi connectivity index (χ0) is 19.0. The number of alkyl halides is 3. The second kappa shape index (κ2) is 6.67. The van der Waals surface area contributed by atoms with E-state index < -0.39 is 35.1 Å². The molecule has 3 atom stereocenters. The van der Waals surface area contributed by atoms with Gasteiger partial charge in [-0.15, -0.1) is 0 Å². The molecule has 24 heavy (non-hydrogen) atoms. The Morgan fingerprint density at radius 2 is 1.88 bits per heavy atom. The smallest absolute Gasteiger partial charge is 0.419 e. The number of halogens is 3. The summed E-state index contributed by atoms with van der Waals surface area (Å²) in [6, 6.07) is 0. The summed E-state index contributed by atoms with van der Waals surface area (Å²) in [5.41, 5.74) is -5.81. The second-order valence-corrected chi connectivity index (χ2v) is 7.17. The Labute approximate surface area is 141 Å². The van der Waals surface area contributed by atoms with Gasteiger partial charge in [-0.1, -0.05) is 13.5 Å². The summed E-state index contributed by atoms with van der Waals surface area (Å²) >= 11 is 0. The van der Waals surface area contributed by atoms with Gasteiger partial charge in [0.2, 0.25) is 0 Å². The fourth-order valence-corrected chi connectivity index (χ4v) is 2.95. The summed E-state index contributed by atoms with van der Waals surface area (Å²) in [4.78, 5) is 11.8. The van der Waals surface area contributed by atoms with E-state index >= 15 is 0 Å². The van der Waals surface area contributed by atoms with Crippen LogP contribution in [0.4, 0.5) is 13.2 Å². The lowest BCUT2D eigenvalue weighted by atomic mass is 9.84. The highest BCUT2D eigenvalue weighted by atomic mass is 19.4. The number of carbonyl (C=O) groups excluding carboxylic acids is 1. The van der Waals surface area contributed by atoms with E-state index in [1.807, 2.05) is 0 Å². The molecule has 1 fully saturated rings. The van der Waals surface area contributed by atoms with Crippen LogP contribution in [0.15, 0.2) is 12.2 Å². The molecule has 1 saturated carbocycles. The fraction of sp³-hybridized carbons (Fsp3) is 0.824. The average Bonchev–Trinajstić information content (AvgIpc) is 2.79. The topological polar surface area (TPSA) is 55.8 Å². The molecule has 0 saturated heterocycles. The molecule has 1 aliphatic rings. The van der Waals surface area contributed by atoms with Gasteiger partial charge in [0.15, 0.2) is 5.60 Å². The molecule has 0 aromatic heterocycles. The van der Waals surface area contributed by atoms with Crippen molar-refractivity contribution < 1.29 is 32.5 Å². The minimum atomic E-state index is -4.85. The summed E-state index contributed by atoms with van der Waals surface area (Å²) in [7, 11) is 0. The molecule has 3 unspecified atom stereocenters. The number of aliphatic hydroxyl groups is 1. The van der Waals surface area contributed by atoms with Crippen molar-refractivity contribution in [2.75, 3.05) is 0 Å².